The highest BCUT2D eigenvalue weighted by Crippen LogP contribution is 2.58. The maximum Gasteiger partial charge on any atom is 0.312 e. The number of piperidine rings is 1. The van der Waals surface area contributed by atoms with Crippen LogP contribution in [-0.4, -0.2) is 91.6 Å². The van der Waals surface area contributed by atoms with E-state index in [1.807, 2.05) is 4.90 Å². The highest BCUT2D eigenvalue weighted by atomic mass is 16.7. The Kier molecular flexibility index (Phi) is 13.1. The maximum atomic E-state index is 14.4. The number of hydrogen-bond acceptors (Lipinski definition) is 13. The second-order valence-corrected chi connectivity index (χ2v) is 16.9. The third kappa shape index (κ3) is 8.23. The molecule has 9 atom stereocenters. The van der Waals surface area contributed by atoms with E-state index in [1.165, 1.54) is 32.9 Å². The number of ketones is 1. The first-order valence-corrected chi connectivity index (χ1v) is 20.1. The van der Waals surface area contributed by atoms with Gasteiger partial charge < -0.3 is 55.1 Å². The molecule has 6 rings (SSSR count). The lowest BCUT2D eigenvalue weighted by Gasteiger charge is -2.37. The van der Waals surface area contributed by atoms with Crippen molar-refractivity contribution in [1.82, 2.24) is 0 Å². The molecule has 0 aliphatic carbocycles. The van der Waals surface area contributed by atoms with Gasteiger partial charge in [0, 0.05) is 67.1 Å². The number of carbonyl (C=O) groups is 3. The Morgan fingerprint density at radius 2 is 1.55 bits per heavy atom. The van der Waals surface area contributed by atoms with E-state index in [2.05, 4.69) is 19.2 Å². The summed E-state index contributed by atoms with van der Waals surface area (Å²) in [5.74, 6) is -7.69. The third-order valence-electron chi connectivity index (χ3n) is 12.5. The molecule has 0 radical (unpaired) electrons. The summed E-state index contributed by atoms with van der Waals surface area (Å²) in [5.41, 5.74) is 0.0329. The number of Topliss-reactive ketones (excluding diaryl/α,β-unsaturated/α-hetero) is 1. The molecule has 7 N–H and O–H groups in total. The lowest BCUT2D eigenvalue weighted by atomic mass is 9.78. The summed E-state index contributed by atoms with van der Waals surface area (Å²) < 4.78 is 17.6. The van der Waals surface area contributed by atoms with Crippen molar-refractivity contribution in [3.05, 3.63) is 47.3 Å². The number of fused-ring (bicyclic) bond motifs is 14. The number of amides is 1. The van der Waals surface area contributed by atoms with Gasteiger partial charge in [0.15, 0.2) is 5.75 Å². The molecule has 9 unspecified atom stereocenters. The largest absolute Gasteiger partial charge is 0.507 e. The van der Waals surface area contributed by atoms with E-state index < -0.39 is 88.8 Å². The predicted octanol–water partition coefficient (Wildman–Crippen LogP) is 5.97. The molecule has 58 heavy (non-hydrogen) atoms. The van der Waals surface area contributed by atoms with E-state index in [1.54, 1.807) is 46.8 Å². The fraction of sp³-hybridized carbons (Fsp3) is 0.568. The van der Waals surface area contributed by atoms with Crippen molar-refractivity contribution in [2.24, 2.45) is 35.5 Å². The zero-order valence-corrected chi connectivity index (χ0v) is 35.1. The number of aromatic hydroxyl groups is 3. The number of benzene rings is 2. The molecule has 2 aromatic carbocycles. The maximum absolute atomic E-state index is 14.4. The number of nitrogens with one attached hydrogen (secondary N) is 1. The van der Waals surface area contributed by atoms with E-state index in [9.17, 15) is 45.0 Å². The second kappa shape index (κ2) is 17.2. The summed E-state index contributed by atoms with van der Waals surface area (Å²) in [5, 5.41) is 72.2. The van der Waals surface area contributed by atoms with Crippen molar-refractivity contribution in [3.63, 3.8) is 0 Å². The number of phenols is 3. The highest BCUT2D eigenvalue weighted by molar-refractivity contribution is 6.23. The summed E-state index contributed by atoms with van der Waals surface area (Å²) in [6.45, 7) is 17.5. The lowest BCUT2D eigenvalue weighted by molar-refractivity contribution is -0.159. The summed E-state index contributed by atoms with van der Waals surface area (Å²) >= 11 is 0. The topological polar surface area (TPSA) is 216 Å². The van der Waals surface area contributed by atoms with Gasteiger partial charge in [-0.15, -0.1) is 0 Å². The average molecular weight is 809 g/mol. The molecule has 4 heterocycles. The molecule has 0 saturated carbocycles. The van der Waals surface area contributed by atoms with Gasteiger partial charge in [0.25, 0.3) is 11.7 Å². The van der Waals surface area contributed by atoms with Crippen LogP contribution in [0.3, 0.4) is 0 Å². The van der Waals surface area contributed by atoms with Crippen molar-refractivity contribution in [2.45, 2.75) is 112 Å². The monoisotopic (exact) mass is 808 g/mol. The quantitative estimate of drug-likeness (QED) is 0.108. The fourth-order valence-electron chi connectivity index (χ4n) is 8.52. The number of anilines is 2. The minimum absolute atomic E-state index is 0.0623. The van der Waals surface area contributed by atoms with Crippen LogP contribution < -0.4 is 15.0 Å². The minimum atomic E-state index is -2.07. The molecule has 0 aromatic heterocycles. The van der Waals surface area contributed by atoms with Crippen LogP contribution in [0, 0.1) is 42.4 Å². The molecule has 0 spiro atoms. The second-order valence-electron chi connectivity index (χ2n) is 16.9. The van der Waals surface area contributed by atoms with Gasteiger partial charge in [-0.25, -0.2) is 0 Å². The number of aliphatic hydroxyl groups is 3. The van der Waals surface area contributed by atoms with Gasteiger partial charge in [0.2, 0.25) is 0 Å². The Bertz CT molecular complexity index is 2010. The number of rotatable bonds is 3. The van der Waals surface area contributed by atoms with Crippen LogP contribution in [0.4, 0.5) is 11.4 Å². The number of carbonyl (C=O) groups excluding carboxylic acids is 3. The fourth-order valence-corrected chi connectivity index (χ4v) is 8.52. The SMILES string of the molecule is CC(=O)OC1C(C)C(O)/C=C/OC2(C)Oc3c(C)c(O)c4c(O)c(c(N5CCC(C(C)C)CC5)c(O)c4c3C2=O)NC(=O)/C(C)=C\C=C\C(C)C(O)C(C)C(O)C1C. The van der Waals surface area contributed by atoms with Crippen LogP contribution in [0.15, 0.2) is 36.1 Å². The number of aliphatic hydroxyl groups excluding tert-OH is 3. The van der Waals surface area contributed by atoms with Gasteiger partial charge in [-0.2, -0.15) is 0 Å². The Labute approximate surface area is 339 Å². The molecule has 4 aliphatic heterocycles. The van der Waals surface area contributed by atoms with Crippen molar-refractivity contribution < 1.29 is 59.2 Å². The van der Waals surface area contributed by atoms with Gasteiger partial charge in [0.1, 0.15) is 34.7 Å². The number of allylic oxidation sites excluding steroid dienone is 2. The molecular weight excluding hydrogens is 748 g/mol. The highest BCUT2D eigenvalue weighted by Gasteiger charge is 2.50. The molecule has 5 bridgehead atoms. The zero-order chi connectivity index (χ0) is 43.1. The van der Waals surface area contributed by atoms with Crippen LogP contribution in [0.1, 0.15) is 91.1 Å². The van der Waals surface area contributed by atoms with Gasteiger partial charge in [0.05, 0.1) is 35.5 Å². The van der Waals surface area contributed by atoms with E-state index >= 15 is 0 Å². The first-order chi connectivity index (χ1) is 27.1. The predicted molar refractivity (Wildman–Crippen MR) is 219 cm³/mol. The van der Waals surface area contributed by atoms with Crippen LogP contribution in [-0.2, 0) is 19.1 Å². The summed E-state index contributed by atoms with van der Waals surface area (Å²) in [6.07, 6.45) is 4.01. The number of phenolic OH excluding ortho intramolecular Hbond substituents is 3. The Morgan fingerprint density at radius 1 is 0.914 bits per heavy atom. The smallest absolute Gasteiger partial charge is 0.312 e. The van der Waals surface area contributed by atoms with Crippen LogP contribution in [0.25, 0.3) is 10.8 Å². The molecule has 14 nitrogen and oxygen atoms in total. The number of hydrogen-bond donors (Lipinski definition) is 7. The van der Waals surface area contributed by atoms with Gasteiger partial charge in [-0.05, 0) is 44.6 Å². The average Bonchev–Trinajstić information content (AvgIpc) is 3.44. The Hall–Kier alpha value is -4.79. The summed E-state index contributed by atoms with van der Waals surface area (Å²) in [7, 11) is 0. The summed E-state index contributed by atoms with van der Waals surface area (Å²) in [4.78, 5) is 42.3. The van der Waals surface area contributed by atoms with Crippen LogP contribution in [0.5, 0.6) is 23.0 Å². The van der Waals surface area contributed by atoms with Crippen LogP contribution in [0.2, 0.25) is 0 Å². The Balaban J connectivity index is 1.70. The lowest BCUT2D eigenvalue weighted by Crippen LogP contribution is -2.46. The van der Waals surface area contributed by atoms with Crippen molar-refractivity contribution in [1.29, 1.82) is 0 Å². The molecule has 14 heteroatoms. The van der Waals surface area contributed by atoms with Gasteiger partial charge in [-0.3, -0.25) is 14.4 Å². The number of ether oxygens (including phenoxy) is 3. The van der Waals surface area contributed by atoms with Crippen molar-refractivity contribution in [3.8, 4) is 23.0 Å². The van der Waals surface area contributed by atoms with Crippen LogP contribution >= 0.6 is 0 Å². The molecule has 4 aliphatic rings. The standard InChI is InChI=1S/C44H60N2O12/c1-20(2)28-14-17-46(18-15-28)34-33-38(52)31-30(39(34)53)32-41(26(8)37(31)51)58-44(10,42(32)54)56-19-16-29(48)23(5)40(57-27(9)47)25(7)36(50)24(6)35(49)21(3)12-11-13-22(4)43(55)45-33/h11-13,16,19-21,23-25,28-29,35-36,40,48-53H,14-15,17-18H2,1-10H3,(H,45,55)/b12-11+,19-16+,22-13-. The first kappa shape index (κ1) is 44.3. The molecule has 1 fully saturated rings. The first-order valence-electron chi connectivity index (χ1n) is 20.1. The number of esters is 1. The van der Waals surface area contributed by atoms with E-state index in [4.69, 9.17) is 14.2 Å². The zero-order valence-electron chi connectivity index (χ0n) is 35.1. The molecule has 2 aromatic rings. The number of nitrogens with zero attached hydrogens (tertiary/aromatic N) is 1. The van der Waals surface area contributed by atoms with E-state index in [-0.39, 0.29) is 44.6 Å². The Morgan fingerprint density at radius 3 is 2.16 bits per heavy atom. The van der Waals surface area contributed by atoms with Gasteiger partial charge in [-0.1, -0.05) is 59.8 Å². The van der Waals surface area contributed by atoms with Crippen molar-refractivity contribution in [2.75, 3.05) is 23.3 Å². The van der Waals surface area contributed by atoms with Gasteiger partial charge >= 0.3 is 11.8 Å². The third-order valence-corrected chi connectivity index (χ3v) is 12.5. The molecule has 1 amide bonds. The van der Waals surface area contributed by atoms with E-state index in [0.29, 0.717) is 24.9 Å². The van der Waals surface area contributed by atoms with E-state index in [0.717, 1.165) is 19.1 Å². The molecular formula is C44H60N2O12. The van der Waals surface area contributed by atoms with Crippen molar-refractivity contribution >= 4 is 39.8 Å². The molecule has 318 valence electrons. The molecule has 1 saturated heterocycles. The summed E-state index contributed by atoms with van der Waals surface area (Å²) in [6, 6.07) is 0. The normalized spacial score (nSPS) is 32.4. The minimum Gasteiger partial charge on any atom is -0.507 e.